The lowest BCUT2D eigenvalue weighted by Crippen LogP contribution is -2.38. The minimum absolute atomic E-state index is 0.0280. The van der Waals surface area contributed by atoms with E-state index in [2.05, 4.69) is 10.6 Å². The molecule has 2 N–H and O–H groups in total. The van der Waals surface area contributed by atoms with Crippen molar-refractivity contribution in [1.29, 1.82) is 0 Å². The minimum atomic E-state index is 0.0280. The summed E-state index contributed by atoms with van der Waals surface area (Å²) in [5.74, 6) is 0.593. The van der Waals surface area contributed by atoms with Gasteiger partial charge in [0.2, 0.25) is 0 Å². The van der Waals surface area contributed by atoms with E-state index < -0.39 is 0 Å². The van der Waals surface area contributed by atoms with Gasteiger partial charge >= 0.3 is 0 Å². The summed E-state index contributed by atoms with van der Waals surface area (Å²) in [5.41, 5.74) is 3.09. The van der Waals surface area contributed by atoms with Crippen LogP contribution in [0.5, 0.6) is 0 Å². The minimum Gasteiger partial charge on any atom is -0.372 e. The Kier molecular flexibility index (Phi) is 3.80. The van der Waals surface area contributed by atoms with Crippen LogP contribution in [0.4, 0.5) is 0 Å². The molecule has 1 atom stereocenters. The highest BCUT2D eigenvalue weighted by Crippen LogP contribution is 2.20. The first-order valence-corrected chi connectivity index (χ1v) is 7.01. The fourth-order valence-corrected chi connectivity index (χ4v) is 2.75. The third kappa shape index (κ3) is 2.96. The van der Waals surface area contributed by atoms with Crippen LogP contribution in [-0.4, -0.2) is 25.5 Å². The molecule has 3 rings (SSSR count). The van der Waals surface area contributed by atoms with Gasteiger partial charge in [0.15, 0.2) is 0 Å². The molecule has 4 nitrogen and oxygen atoms in total. The van der Waals surface area contributed by atoms with Crippen LogP contribution in [0.15, 0.2) is 18.2 Å². The van der Waals surface area contributed by atoms with Crippen LogP contribution in [0.1, 0.15) is 34.3 Å². The molecule has 2 aliphatic heterocycles. The molecule has 0 aromatic heterocycles. The zero-order valence-corrected chi connectivity index (χ0v) is 11.1. The Hall–Kier alpha value is -1.39. The van der Waals surface area contributed by atoms with Crippen LogP contribution in [0.2, 0.25) is 0 Å². The highest BCUT2D eigenvalue weighted by molar-refractivity contribution is 5.94. The van der Waals surface area contributed by atoms with Gasteiger partial charge in [-0.2, -0.15) is 0 Å². The maximum absolute atomic E-state index is 12.1. The molecule has 0 radical (unpaired) electrons. The molecule has 102 valence electrons. The summed E-state index contributed by atoms with van der Waals surface area (Å²) >= 11 is 0. The molecule has 0 aliphatic carbocycles. The SMILES string of the molecule is O=C(NCC1CCCNC1)c1ccc2c(c1)COC2. The van der Waals surface area contributed by atoms with Crippen molar-refractivity contribution in [2.75, 3.05) is 19.6 Å². The summed E-state index contributed by atoms with van der Waals surface area (Å²) in [6.07, 6.45) is 2.40. The molecule has 1 amide bonds. The number of ether oxygens (including phenoxy) is 1. The number of hydrogen-bond donors (Lipinski definition) is 2. The summed E-state index contributed by atoms with van der Waals surface area (Å²) in [7, 11) is 0. The van der Waals surface area contributed by atoms with E-state index in [1.165, 1.54) is 18.4 Å². The van der Waals surface area contributed by atoms with Gasteiger partial charge in [0.05, 0.1) is 13.2 Å². The van der Waals surface area contributed by atoms with E-state index in [0.717, 1.165) is 30.8 Å². The van der Waals surface area contributed by atoms with Gasteiger partial charge in [-0.3, -0.25) is 4.79 Å². The molecule has 0 saturated carbocycles. The molecule has 2 aliphatic rings. The number of benzene rings is 1. The standard InChI is InChI=1S/C15H20N2O2/c18-15(17-8-11-2-1-5-16-7-11)12-3-4-13-9-19-10-14(13)6-12/h3-4,6,11,16H,1-2,5,7-10H2,(H,17,18). The topological polar surface area (TPSA) is 50.4 Å². The van der Waals surface area contributed by atoms with Crippen LogP contribution in [0.3, 0.4) is 0 Å². The third-order valence-corrected chi connectivity index (χ3v) is 3.93. The Labute approximate surface area is 113 Å². The molecule has 2 heterocycles. The Bertz CT molecular complexity index is 467. The summed E-state index contributed by atoms with van der Waals surface area (Å²) in [6.45, 7) is 4.18. The summed E-state index contributed by atoms with van der Waals surface area (Å²) in [4.78, 5) is 12.1. The molecule has 1 aromatic rings. The first-order chi connectivity index (χ1) is 9.33. The van der Waals surface area contributed by atoms with Gasteiger partial charge in [-0.1, -0.05) is 6.07 Å². The van der Waals surface area contributed by atoms with Crippen LogP contribution in [0, 0.1) is 5.92 Å². The highest BCUT2D eigenvalue weighted by Gasteiger charge is 2.16. The smallest absolute Gasteiger partial charge is 0.251 e. The average molecular weight is 260 g/mol. The lowest BCUT2D eigenvalue weighted by atomic mass is 9.99. The quantitative estimate of drug-likeness (QED) is 0.865. The van der Waals surface area contributed by atoms with Gasteiger partial charge in [-0.05, 0) is 55.1 Å². The molecule has 19 heavy (non-hydrogen) atoms. The Morgan fingerprint density at radius 2 is 2.26 bits per heavy atom. The monoisotopic (exact) mass is 260 g/mol. The maximum atomic E-state index is 12.1. The second-order valence-corrected chi connectivity index (χ2v) is 5.40. The normalized spacial score (nSPS) is 22.0. The number of fused-ring (bicyclic) bond motifs is 1. The van der Waals surface area contributed by atoms with Crippen molar-refractivity contribution in [2.24, 2.45) is 5.92 Å². The first-order valence-electron chi connectivity index (χ1n) is 7.01. The summed E-state index contributed by atoms with van der Waals surface area (Å²) in [6, 6.07) is 5.85. The Balaban J connectivity index is 1.57. The number of rotatable bonds is 3. The number of piperidine rings is 1. The summed E-state index contributed by atoms with van der Waals surface area (Å²) in [5, 5.41) is 6.40. The van der Waals surface area contributed by atoms with Crippen molar-refractivity contribution in [3.63, 3.8) is 0 Å². The van der Waals surface area contributed by atoms with Crippen LogP contribution in [-0.2, 0) is 18.0 Å². The maximum Gasteiger partial charge on any atom is 0.251 e. The highest BCUT2D eigenvalue weighted by atomic mass is 16.5. The fourth-order valence-electron chi connectivity index (χ4n) is 2.75. The zero-order valence-electron chi connectivity index (χ0n) is 11.1. The van der Waals surface area contributed by atoms with Crippen LogP contribution < -0.4 is 10.6 Å². The van der Waals surface area contributed by atoms with E-state index in [-0.39, 0.29) is 5.91 Å². The van der Waals surface area contributed by atoms with E-state index in [4.69, 9.17) is 4.74 Å². The molecule has 1 unspecified atom stereocenters. The van der Waals surface area contributed by atoms with Gasteiger partial charge in [-0.15, -0.1) is 0 Å². The summed E-state index contributed by atoms with van der Waals surface area (Å²) < 4.78 is 5.36. The number of carbonyl (C=O) groups excluding carboxylic acids is 1. The van der Waals surface area contributed by atoms with Gasteiger partial charge in [0.1, 0.15) is 0 Å². The molecule has 0 bridgehead atoms. The zero-order chi connectivity index (χ0) is 13.1. The van der Waals surface area contributed by atoms with Gasteiger partial charge in [0.25, 0.3) is 5.91 Å². The Morgan fingerprint density at radius 3 is 3.11 bits per heavy atom. The average Bonchev–Trinajstić information content (AvgIpc) is 2.93. The second-order valence-electron chi connectivity index (χ2n) is 5.40. The lowest BCUT2D eigenvalue weighted by Gasteiger charge is -2.22. The van der Waals surface area contributed by atoms with Crippen molar-refractivity contribution >= 4 is 5.91 Å². The molecule has 1 saturated heterocycles. The van der Waals surface area contributed by atoms with Gasteiger partial charge < -0.3 is 15.4 Å². The molecular weight excluding hydrogens is 240 g/mol. The van der Waals surface area contributed by atoms with E-state index in [1.54, 1.807) is 0 Å². The predicted octanol–water partition coefficient (Wildman–Crippen LogP) is 1.45. The first kappa shape index (κ1) is 12.6. The van der Waals surface area contributed by atoms with Gasteiger partial charge in [0, 0.05) is 12.1 Å². The predicted molar refractivity (Wildman–Crippen MR) is 72.9 cm³/mol. The number of amides is 1. The molecule has 1 aromatic carbocycles. The van der Waals surface area contributed by atoms with Crippen molar-refractivity contribution in [2.45, 2.75) is 26.1 Å². The third-order valence-electron chi connectivity index (χ3n) is 3.93. The van der Waals surface area contributed by atoms with Gasteiger partial charge in [-0.25, -0.2) is 0 Å². The van der Waals surface area contributed by atoms with Crippen molar-refractivity contribution in [3.05, 3.63) is 34.9 Å². The lowest BCUT2D eigenvalue weighted by molar-refractivity contribution is 0.0944. The fraction of sp³-hybridized carbons (Fsp3) is 0.533. The van der Waals surface area contributed by atoms with E-state index >= 15 is 0 Å². The number of nitrogens with one attached hydrogen (secondary N) is 2. The van der Waals surface area contributed by atoms with E-state index in [0.29, 0.717) is 19.1 Å². The van der Waals surface area contributed by atoms with Crippen LogP contribution >= 0.6 is 0 Å². The molecule has 4 heteroatoms. The number of hydrogen-bond acceptors (Lipinski definition) is 3. The van der Waals surface area contributed by atoms with Crippen molar-refractivity contribution in [1.82, 2.24) is 10.6 Å². The molecular formula is C15H20N2O2. The number of carbonyl (C=O) groups is 1. The van der Waals surface area contributed by atoms with Crippen molar-refractivity contribution in [3.8, 4) is 0 Å². The molecule has 0 spiro atoms. The van der Waals surface area contributed by atoms with E-state index in [1.807, 2.05) is 18.2 Å². The second kappa shape index (κ2) is 5.72. The largest absolute Gasteiger partial charge is 0.372 e. The van der Waals surface area contributed by atoms with Crippen molar-refractivity contribution < 1.29 is 9.53 Å². The molecule has 1 fully saturated rings. The Morgan fingerprint density at radius 1 is 1.37 bits per heavy atom. The van der Waals surface area contributed by atoms with Crippen LogP contribution in [0.25, 0.3) is 0 Å². The van der Waals surface area contributed by atoms with E-state index in [9.17, 15) is 4.79 Å².